The third-order valence-electron chi connectivity index (χ3n) is 4.57. The Balaban J connectivity index is 1.75. The zero-order valence-electron chi connectivity index (χ0n) is 12.0. The maximum Gasteiger partial charge on any atom is 0.253 e. The molecule has 3 rings (SSSR count). The lowest BCUT2D eigenvalue weighted by Gasteiger charge is -2.36. The van der Waals surface area contributed by atoms with Crippen LogP contribution in [0.2, 0.25) is 0 Å². The number of carbonyl (C=O) groups excluding carboxylic acids is 1. The number of nitrogens with two attached hydrogens (primary N) is 1. The van der Waals surface area contributed by atoms with Crippen LogP contribution in [0.25, 0.3) is 0 Å². The summed E-state index contributed by atoms with van der Waals surface area (Å²) in [6, 6.07) is 6.16. The predicted octanol–water partition coefficient (Wildman–Crippen LogP) is 1.92. The first-order valence-corrected chi connectivity index (χ1v) is 7.43. The molecule has 20 heavy (non-hydrogen) atoms. The number of hydrogen-bond donors (Lipinski definition) is 1. The minimum absolute atomic E-state index is 0.130. The van der Waals surface area contributed by atoms with E-state index in [0.717, 1.165) is 37.1 Å². The van der Waals surface area contributed by atoms with Crippen molar-refractivity contribution in [3.63, 3.8) is 0 Å². The lowest BCUT2D eigenvalue weighted by atomic mass is 9.90. The Bertz CT molecular complexity index is 515. The Morgan fingerprint density at radius 2 is 2.20 bits per heavy atom. The van der Waals surface area contributed by atoms with Crippen molar-refractivity contribution in [2.24, 2.45) is 11.7 Å². The second-order valence-electron chi connectivity index (χ2n) is 5.85. The number of rotatable bonds is 2. The molecular formula is C16H22N2O2. The summed E-state index contributed by atoms with van der Waals surface area (Å²) in [7, 11) is 0. The molecule has 1 aromatic rings. The molecular weight excluding hydrogens is 252 g/mol. The molecule has 1 amide bonds. The number of benzene rings is 1. The molecule has 2 atom stereocenters. The maximum atomic E-state index is 12.6. The zero-order chi connectivity index (χ0) is 14.1. The highest BCUT2D eigenvalue weighted by atomic mass is 16.5. The van der Waals surface area contributed by atoms with Crippen molar-refractivity contribution in [1.29, 1.82) is 0 Å². The van der Waals surface area contributed by atoms with E-state index in [1.807, 2.05) is 23.1 Å². The van der Waals surface area contributed by atoms with Crippen molar-refractivity contribution < 1.29 is 9.53 Å². The van der Waals surface area contributed by atoms with E-state index >= 15 is 0 Å². The van der Waals surface area contributed by atoms with Crippen molar-refractivity contribution in [2.75, 3.05) is 13.1 Å². The third-order valence-corrected chi connectivity index (χ3v) is 4.57. The Labute approximate surface area is 119 Å². The number of ether oxygens (including phenoxy) is 1. The molecule has 2 aliphatic heterocycles. The summed E-state index contributed by atoms with van der Waals surface area (Å²) in [5.74, 6) is 0.551. The van der Waals surface area contributed by atoms with E-state index in [1.54, 1.807) is 0 Å². The predicted molar refractivity (Wildman–Crippen MR) is 77.2 cm³/mol. The van der Waals surface area contributed by atoms with Crippen LogP contribution in [0.1, 0.15) is 41.3 Å². The highest BCUT2D eigenvalue weighted by Crippen LogP contribution is 2.24. The van der Waals surface area contributed by atoms with Crippen LogP contribution in [-0.2, 0) is 18.0 Å². The van der Waals surface area contributed by atoms with Gasteiger partial charge in [-0.2, -0.15) is 0 Å². The molecule has 2 heterocycles. The summed E-state index contributed by atoms with van der Waals surface area (Å²) in [4.78, 5) is 14.6. The molecule has 108 valence electrons. The first-order valence-electron chi connectivity index (χ1n) is 7.43. The van der Waals surface area contributed by atoms with Gasteiger partial charge in [0, 0.05) is 24.7 Å². The van der Waals surface area contributed by atoms with Gasteiger partial charge < -0.3 is 15.4 Å². The first kappa shape index (κ1) is 13.6. The minimum Gasteiger partial charge on any atom is -0.372 e. The van der Waals surface area contributed by atoms with Crippen molar-refractivity contribution in [3.05, 3.63) is 34.9 Å². The van der Waals surface area contributed by atoms with Gasteiger partial charge in [0.1, 0.15) is 0 Å². The molecule has 0 aromatic heterocycles. The Kier molecular flexibility index (Phi) is 3.76. The van der Waals surface area contributed by atoms with Crippen LogP contribution in [0.4, 0.5) is 0 Å². The minimum atomic E-state index is 0.130. The number of likely N-dealkylation sites (tertiary alicyclic amines) is 1. The summed E-state index contributed by atoms with van der Waals surface area (Å²) in [5.41, 5.74) is 9.24. The fourth-order valence-corrected chi connectivity index (χ4v) is 3.15. The van der Waals surface area contributed by atoms with Crippen LogP contribution < -0.4 is 5.73 Å². The molecule has 0 aliphatic carbocycles. The standard InChI is InChI=1S/C16H22N2O2/c1-2-11-8-18(6-5-15(11)17)16(19)12-3-4-13-9-20-10-14(13)7-12/h3-4,7,11,15H,2,5-6,8-10,17H2,1H3. The molecule has 2 unspecified atom stereocenters. The number of piperidine rings is 1. The summed E-state index contributed by atoms with van der Waals surface area (Å²) in [6.07, 6.45) is 1.93. The Morgan fingerprint density at radius 3 is 3.00 bits per heavy atom. The van der Waals surface area contributed by atoms with Gasteiger partial charge >= 0.3 is 0 Å². The van der Waals surface area contributed by atoms with Crippen molar-refractivity contribution in [1.82, 2.24) is 4.90 Å². The number of hydrogen-bond acceptors (Lipinski definition) is 3. The van der Waals surface area contributed by atoms with E-state index in [-0.39, 0.29) is 11.9 Å². The van der Waals surface area contributed by atoms with E-state index in [9.17, 15) is 4.79 Å². The quantitative estimate of drug-likeness (QED) is 0.896. The van der Waals surface area contributed by atoms with Gasteiger partial charge in [-0.15, -0.1) is 0 Å². The van der Waals surface area contributed by atoms with E-state index in [4.69, 9.17) is 10.5 Å². The van der Waals surface area contributed by atoms with E-state index in [0.29, 0.717) is 19.1 Å². The summed E-state index contributed by atoms with van der Waals surface area (Å²) in [6.45, 7) is 4.98. The fraction of sp³-hybridized carbons (Fsp3) is 0.562. The molecule has 4 heteroatoms. The smallest absolute Gasteiger partial charge is 0.253 e. The van der Waals surface area contributed by atoms with Crippen LogP contribution in [-0.4, -0.2) is 29.9 Å². The largest absolute Gasteiger partial charge is 0.372 e. The number of carbonyl (C=O) groups is 1. The second-order valence-corrected chi connectivity index (χ2v) is 5.85. The average molecular weight is 274 g/mol. The summed E-state index contributed by atoms with van der Waals surface area (Å²) < 4.78 is 5.40. The van der Waals surface area contributed by atoms with E-state index in [1.165, 1.54) is 5.56 Å². The molecule has 4 nitrogen and oxygen atoms in total. The molecule has 0 spiro atoms. The highest BCUT2D eigenvalue weighted by molar-refractivity contribution is 5.94. The van der Waals surface area contributed by atoms with Gasteiger partial charge in [0.2, 0.25) is 0 Å². The zero-order valence-corrected chi connectivity index (χ0v) is 12.0. The molecule has 0 radical (unpaired) electrons. The second kappa shape index (κ2) is 5.54. The Morgan fingerprint density at radius 1 is 1.40 bits per heavy atom. The SMILES string of the molecule is CCC1CN(C(=O)c2ccc3c(c2)COC3)CCC1N. The van der Waals surface area contributed by atoms with Gasteiger partial charge in [-0.1, -0.05) is 19.4 Å². The van der Waals surface area contributed by atoms with Crippen LogP contribution in [0.5, 0.6) is 0 Å². The van der Waals surface area contributed by atoms with Gasteiger partial charge in [-0.05, 0) is 35.6 Å². The topological polar surface area (TPSA) is 55.6 Å². The first-order chi connectivity index (χ1) is 9.69. The maximum absolute atomic E-state index is 12.6. The lowest BCUT2D eigenvalue weighted by molar-refractivity contribution is 0.0649. The molecule has 1 saturated heterocycles. The molecule has 1 fully saturated rings. The summed E-state index contributed by atoms with van der Waals surface area (Å²) in [5, 5.41) is 0. The molecule has 0 saturated carbocycles. The van der Waals surface area contributed by atoms with Gasteiger partial charge in [0.15, 0.2) is 0 Å². The van der Waals surface area contributed by atoms with Crippen LogP contribution in [0.15, 0.2) is 18.2 Å². The van der Waals surface area contributed by atoms with Gasteiger partial charge in [-0.25, -0.2) is 0 Å². The molecule has 2 aliphatic rings. The van der Waals surface area contributed by atoms with Gasteiger partial charge in [-0.3, -0.25) is 4.79 Å². The number of fused-ring (bicyclic) bond motifs is 1. The highest BCUT2D eigenvalue weighted by Gasteiger charge is 2.29. The Hall–Kier alpha value is -1.39. The van der Waals surface area contributed by atoms with Gasteiger partial charge in [0.05, 0.1) is 13.2 Å². The van der Waals surface area contributed by atoms with Crippen LogP contribution in [0.3, 0.4) is 0 Å². The average Bonchev–Trinajstić information content (AvgIpc) is 2.94. The number of amides is 1. The lowest BCUT2D eigenvalue weighted by Crippen LogP contribution is -2.49. The van der Waals surface area contributed by atoms with Crippen molar-refractivity contribution in [3.8, 4) is 0 Å². The van der Waals surface area contributed by atoms with Gasteiger partial charge in [0.25, 0.3) is 5.91 Å². The van der Waals surface area contributed by atoms with Crippen molar-refractivity contribution >= 4 is 5.91 Å². The van der Waals surface area contributed by atoms with E-state index < -0.39 is 0 Å². The third kappa shape index (κ3) is 2.45. The fourth-order valence-electron chi connectivity index (χ4n) is 3.15. The normalized spacial score (nSPS) is 25.6. The van der Waals surface area contributed by atoms with E-state index in [2.05, 4.69) is 6.92 Å². The molecule has 2 N–H and O–H groups in total. The van der Waals surface area contributed by atoms with Crippen LogP contribution >= 0.6 is 0 Å². The summed E-state index contributed by atoms with van der Waals surface area (Å²) >= 11 is 0. The van der Waals surface area contributed by atoms with Crippen molar-refractivity contribution in [2.45, 2.75) is 39.0 Å². The molecule has 1 aromatic carbocycles. The monoisotopic (exact) mass is 274 g/mol. The molecule has 0 bridgehead atoms. The number of nitrogens with zero attached hydrogens (tertiary/aromatic N) is 1. The van der Waals surface area contributed by atoms with Crippen LogP contribution in [0, 0.1) is 5.92 Å².